The van der Waals surface area contributed by atoms with Gasteiger partial charge in [-0.15, -0.1) is 0 Å². The average Bonchev–Trinajstić information content (AvgIpc) is 3.35. The van der Waals surface area contributed by atoms with E-state index in [1.807, 2.05) is 0 Å². The van der Waals surface area contributed by atoms with Crippen LogP contribution in [0.5, 0.6) is 11.5 Å². The fourth-order valence-corrected chi connectivity index (χ4v) is 4.79. The molecule has 0 radical (unpaired) electrons. The molecule has 14 heteroatoms. The van der Waals surface area contributed by atoms with Gasteiger partial charge in [0.2, 0.25) is 0 Å². The number of ether oxygens (including phenoxy) is 2. The number of amides is 1. The summed E-state index contributed by atoms with van der Waals surface area (Å²) in [6, 6.07) is 19.4. The van der Waals surface area contributed by atoms with Crippen molar-refractivity contribution >= 4 is 28.8 Å². The topological polar surface area (TPSA) is 170 Å². The Balaban J connectivity index is 1.41. The number of pyridine rings is 1. The zero-order valence-electron chi connectivity index (χ0n) is 23.2. The van der Waals surface area contributed by atoms with Gasteiger partial charge in [-0.05, 0) is 35.9 Å². The number of nitrogens with zero attached hydrogens (tertiary/aromatic N) is 5. The van der Waals surface area contributed by atoms with Crippen molar-refractivity contribution in [3.8, 4) is 17.4 Å². The van der Waals surface area contributed by atoms with Gasteiger partial charge < -0.3 is 26.7 Å². The van der Waals surface area contributed by atoms with Crippen LogP contribution < -0.4 is 21.9 Å². The second kappa shape index (κ2) is 11.8. The monoisotopic (exact) mass is 612 g/mol. The lowest BCUT2D eigenvalue weighted by molar-refractivity contribution is 0.126. The van der Waals surface area contributed by atoms with Crippen LogP contribution in [-0.2, 0) is 11.2 Å². The number of anilines is 2. The third-order valence-electron chi connectivity index (χ3n) is 6.78. The number of carbonyl (C=O) groups excluding carboxylic acids is 1. The quantitative estimate of drug-likeness (QED) is 0.205. The first-order chi connectivity index (χ1) is 21.7. The van der Waals surface area contributed by atoms with Crippen LogP contribution in [0.4, 0.5) is 29.6 Å². The molecule has 6 N–H and O–H groups in total. The first kappa shape index (κ1) is 28.9. The van der Waals surface area contributed by atoms with Gasteiger partial charge in [0.05, 0.1) is 23.0 Å². The highest BCUT2D eigenvalue weighted by atomic mass is 19.1. The maximum atomic E-state index is 14.4. The number of primary amides is 1. The maximum Gasteiger partial charge on any atom is 0.405 e. The zero-order valence-corrected chi connectivity index (χ0v) is 23.2. The Kier molecular flexibility index (Phi) is 7.61. The fourth-order valence-electron chi connectivity index (χ4n) is 4.79. The van der Waals surface area contributed by atoms with E-state index in [1.165, 1.54) is 41.1 Å². The number of benzene rings is 3. The number of aromatic nitrogens is 5. The molecule has 11 nitrogen and oxygen atoms in total. The summed E-state index contributed by atoms with van der Waals surface area (Å²) in [5, 5.41) is 4.49. The molecule has 6 aromatic rings. The van der Waals surface area contributed by atoms with Crippen molar-refractivity contribution in [2.75, 3.05) is 11.5 Å². The van der Waals surface area contributed by atoms with Crippen LogP contribution in [0.3, 0.4) is 0 Å². The van der Waals surface area contributed by atoms with Crippen molar-refractivity contribution in [2.45, 2.75) is 12.5 Å². The van der Waals surface area contributed by atoms with E-state index < -0.39 is 29.6 Å². The summed E-state index contributed by atoms with van der Waals surface area (Å²) in [5.41, 5.74) is 19.5. The van der Waals surface area contributed by atoms with E-state index >= 15 is 0 Å². The third kappa shape index (κ3) is 5.88. The van der Waals surface area contributed by atoms with Gasteiger partial charge in [0.25, 0.3) is 5.95 Å². The van der Waals surface area contributed by atoms with Crippen molar-refractivity contribution in [3.63, 3.8) is 0 Å². The molecule has 0 aliphatic carbocycles. The fraction of sp³-hybridized carbons (Fsp3) is 0.0645. The summed E-state index contributed by atoms with van der Waals surface area (Å²) in [6.45, 7) is 0. The first-order valence-electron chi connectivity index (χ1n) is 13.4. The molecule has 1 atom stereocenters. The lowest BCUT2D eigenvalue weighted by Crippen LogP contribution is -2.22. The van der Waals surface area contributed by atoms with Gasteiger partial charge in [-0.1, -0.05) is 42.5 Å². The summed E-state index contributed by atoms with van der Waals surface area (Å²) < 4.78 is 55.2. The molecule has 0 saturated heterocycles. The first-order valence-corrected chi connectivity index (χ1v) is 13.4. The molecule has 0 spiro atoms. The summed E-state index contributed by atoms with van der Waals surface area (Å²) in [6.07, 6.45) is -1.40. The van der Waals surface area contributed by atoms with Crippen LogP contribution in [0.1, 0.15) is 28.5 Å². The predicted octanol–water partition coefficient (Wildman–Crippen LogP) is 5.36. The molecule has 3 aromatic heterocycles. The molecular weight excluding hydrogens is 589 g/mol. The van der Waals surface area contributed by atoms with Crippen molar-refractivity contribution in [3.05, 3.63) is 125 Å². The van der Waals surface area contributed by atoms with Crippen LogP contribution in [0.2, 0.25) is 0 Å². The van der Waals surface area contributed by atoms with E-state index in [-0.39, 0.29) is 52.1 Å². The summed E-state index contributed by atoms with van der Waals surface area (Å²) >= 11 is 0. The van der Waals surface area contributed by atoms with Crippen LogP contribution in [-0.4, -0.2) is 30.8 Å². The molecular formula is C31H23F3N8O3. The van der Waals surface area contributed by atoms with Gasteiger partial charge in [-0.2, -0.15) is 19.7 Å². The smallest absolute Gasteiger partial charge is 0.405 e. The predicted molar refractivity (Wildman–Crippen MR) is 158 cm³/mol. The Bertz CT molecular complexity index is 2050. The summed E-state index contributed by atoms with van der Waals surface area (Å²) in [5.74, 6) is -2.08. The number of rotatable bonds is 8. The van der Waals surface area contributed by atoms with Crippen LogP contribution in [0.25, 0.3) is 17.0 Å². The number of nitrogen functional groups attached to an aromatic ring is 2. The molecule has 3 aromatic carbocycles. The Morgan fingerprint density at radius 1 is 0.889 bits per heavy atom. The minimum Gasteiger partial charge on any atom is -0.454 e. The number of para-hydroxylation sites is 1. The van der Waals surface area contributed by atoms with Gasteiger partial charge in [0.1, 0.15) is 34.5 Å². The Hall–Kier alpha value is -6.18. The third-order valence-corrected chi connectivity index (χ3v) is 6.78. The van der Waals surface area contributed by atoms with E-state index in [9.17, 15) is 18.0 Å². The van der Waals surface area contributed by atoms with Gasteiger partial charge in [-0.25, -0.2) is 22.9 Å². The van der Waals surface area contributed by atoms with Crippen molar-refractivity contribution in [2.24, 2.45) is 5.73 Å². The number of hydrogen-bond acceptors (Lipinski definition) is 9. The summed E-state index contributed by atoms with van der Waals surface area (Å²) in [7, 11) is 0. The molecule has 226 valence electrons. The SMILES string of the molecule is NC(=O)OC(c1cccc(Oc2ccccc2F)c1)c1c(N)nc(-n2nc(Cc3ccccc3F)c3ncc(F)cc32)nc1N. The molecule has 0 aliphatic rings. The van der Waals surface area contributed by atoms with Crippen LogP contribution >= 0.6 is 0 Å². The molecule has 0 bridgehead atoms. The van der Waals surface area contributed by atoms with E-state index in [0.717, 1.165) is 6.20 Å². The molecule has 0 fully saturated rings. The second-order valence-electron chi connectivity index (χ2n) is 9.78. The number of hydrogen-bond donors (Lipinski definition) is 3. The lowest BCUT2D eigenvalue weighted by atomic mass is 10.0. The highest BCUT2D eigenvalue weighted by molar-refractivity contribution is 5.79. The number of halogens is 3. The molecule has 6 rings (SSSR count). The van der Waals surface area contributed by atoms with Crippen molar-refractivity contribution in [1.82, 2.24) is 24.7 Å². The van der Waals surface area contributed by atoms with Gasteiger partial charge in [0.15, 0.2) is 17.7 Å². The Labute approximate surface area is 253 Å². The van der Waals surface area contributed by atoms with Crippen molar-refractivity contribution in [1.29, 1.82) is 0 Å². The molecule has 1 unspecified atom stereocenters. The minimum absolute atomic E-state index is 0.00654. The van der Waals surface area contributed by atoms with E-state index in [2.05, 4.69) is 20.1 Å². The van der Waals surface area contributed by atoms with E-state index in [0.29, 0.717) is 16.8 Å². The number of nitrogens with two attached hydrogens (primary N) is 3. The molecule has 45 heavy (non-hydrogen) atoms. The summed E-state index contributed by atoms with van der Waals surface area (Å²) in [4.78, 5) is 24.8. The highest BCUT2D eigenvalue weighted by Gasteiger charge is 2.27. The van der Waals surface area contributed by atoms with Crippen molar-refractivity contribution < 1.29 is 27.4 Å². The average molecular weight is 613 g/mol. The minimum atomic E-state index is -1.30. The lowest BCUT2D eigenvalue weighted by Gasteiger charge is -2.21. The molecule has 0 aliphatic heterocycles. The molecule has 0 saturated carbocycles. The standard InChI is InChI=1S/C31H23F3N8O3/c32-18-14-23-26(38-15-18)22(13-16-6-1-2-9-20(16)33)41-42(23)31-39-28(35)25(29(36)40-31)27(45-30(37)43)17-7-5-8-19(12-17)44-24-11-4-3-10-21(24)34/h1-12,14-15,27H,13H2,(H2,37,43)(H4,35,36,39,40). The van der Waals surface area contributed by atoms with E-state index in [1.54, 1.807) is 42.5 Å². The normalized spacial score (nSPS) is 11.8. The maximum absolute atomic E-state index is 14.4. The largest absolute Gasteiger partial charge is 0.454 e. The number of carbonyl (C=O) groups is 1. The Morgan fingerprint density at radius 2 is 1.60 bits per heavy atom. The second-order valence-corrected chi connectivity index (χ2v) is 9.78. The van der Waals surface area contributed by atoms with E-state index in [4.69, 9.17) is 26.7 Å². The van der Waals surface area contributed by atoms with Gasteiger partial charge in [-0.3, -0.25) is 0 Å². The van der Waals surface area contributed by atoms with Crippen LogP contribution in [0.15, 0.2) is 85.1 Å². The van der Waals surface area contributed by atoms with Crippen LogP contribution in [0, 0.1) is 17.5 Å². The van der Waals surface area contributed by atoms with Gasteiger partial charge >= 0.3 is 6.09 Å². The zero-order chi connectivity index (χ0) is 31.7. The highest BCUT2D eigenvalue weighted by Crippen LogP contribution is 2.36. The molecule has 1 amide bonds. The molecule has 3 heterocycles. The van der Waals surface area contributed by atoms with Gasteiger partial charge in [0, 0.05) is 18.1 Å². The Morgan fingerprint density at radius 3 is 2.31 bits per heavy atom. The number of fused-ring (bicyclic) bond motifs is 1.